The summed E-state index contributed by atoms with van der Waals surface area (Å²) < 4.78 is 0. The van der Waals surface area contributed by atoms with Crippen molar-refractivity contribution < 1.29 is 9.59 Å². The van der Waals surface area contributed by atoms with Gasteiger partial charge in [0.05, 0.1) is 5.69 Å². The molecule has 2 heterocycles. The number of hydrogen-bond acceptors (Lipinski definition) is 4. The van der Waals surface area contributed by atoms with Gasteiger partial charge in [-0.15, -0.1) is 0 Å². The number of aromatic nitrogens is 3. The molecule has 114 valence electrons. The minimum atomic E-state index is -0.183. The molecule has 21 heavy (non-hydrogen) atoms. The molecule has 0 bridgehead atoms. The summed E-state index contributed by atoms with van der Waals surface area (Å²) in [6.45, 7) is 4.02. The molecule has 7 nitrogen and oxygen atoms in total. The zero-order valence-electron chi connectivity index (χ0n) is 12.3. The van der Waals surface area contributed by atoms with Gasteiger partial charge in [0, 0.05) is 25.6 Å². The number of piperidine rings is 1. The SMILES string of the molecule is Cc1n[nH]nc1C(=O)NCC1CCN(C(=O)C2CC2)CC1. The van der Waals surface area contributed by atoms with Crippen molar-refractivity contribution in [2.75, 3.05) is 19.6 Å². The van der Waals surface area contributed by atoms with E-state index in [2.05, 4.69) is 20.7 Å². The van der Waals surface area contributed by atoms with Crippen molar-refractivity contribution in [3.8, 4) is 0 Å². The van der Waals surface area contributed by atoms with E-state index in [0.717, 1.165) is 38.8 Å². The molecule has 2 aliphatic rings. The fourth-order valence-electron chi connectivity index (χ4n) is 2.77. The minimum Gasteiger partial charge on any atom is -0.350 e. The molecule has 1 saturated carbocycles. The number of rotatable bonds is 4. The van der Waals surface area contributed by atoms with E-state index in [9.17, 15) is 9.59 Å². The molecule has 0 aromatic carbocycles. The van der Waals surface area contributed by atoms with E-state index in [1.165, 1.54) is 0 Å². The summed E-state index contributed by atoms with van der Waals surface area (Å²) in [7, 11) is 0. The lowest BCUT2D eigenvalue weighted by molar-refractivity contribution is -0.133. The average molecular weight is 291 g/mol. The van der Waals surface area contributed by atoms with Crippen LogP contribution in [-0.2, 0) is 4.79 Å². The normalized spacial score (nSPS) is 19.6. The number of carbonyl (C=O) groups excluding carboxylic acids is 2. The van der Waals surface area contributed by atoms with Crippen LogP contribution >= 0.6 is 0 Å². The third-order valence-electron chi connectivity index (χ3n) is 4.34. The lowest BCUT2D eigenvalue weighted by atomic mass is 9.96. The summed E-state index contributed by atoms with van der Waals surface area (Å²) in [6.07, 6.45) is 4.03. The standard InChI is InChI=1S/C14H21N5O2/c1-9-12(17-18-16-9)13(20)15-8-10-4-6-19(7-5-10)14(21)11-2-3-11/h10-11H,2-8H2,1H3,(H,15,20)(H,16,17,18). The number of nitrogens with zero attached hydrogens (tertiary/aromatic N) is 3. The number of aryl methyl sites for hydroxylation is 1. The van der Waals surface area contributed by atoms with Crippen LogP contribution in [0.5, 0.6) is 0 Å². The summed E-state index contributed by atoms with van der Waals surface area (Å²) in [5.74, 6) is 0.884. The molecule has 0 atom stereocenters. The largest absolute Gasteiger partial charge is 0.350 e. The van der Waals surface area contributed by atoms with Gasteiger partial charge >= 0.3 is 0 Å². The molecule has 1 saturated heterocycles. The van der Waals surface area contributed by atoms with Crippen LogP contribution in [0.25, 0.3) is 0 Å². The van der Waals surface area contributed by atoms with Crippen molar-refractivity contribution in [2.45, 2.75) is 32.6 Å². The van der Waals surface area contributed by atoms with Crippen molar-refractivity contribution >= 4 is 11.8 Å². The van der Waals surface area contributed by atoms with Crippen LogP contribution in [0, 0.1) is 18.8 Å². The van der Waals surface area contributed by atoms with Crippen molar-refractivity contribution in [3.63, 3.8) is 0 Å². The van der Waals surface area contributed by atoms with Crippen LogP contribution < -0.4 is 5.32 Å². The van der Waals surface area contributed by atoms with Gasteiger partial charge in [-0.25, -0.2) is 0 Å². The Balaban J connectivity index is 1.42. The number of amides is 2. The molecule has 2 amide bonds. The Morgan fingerprint density at radius 1 is 1.24 bits per heavy atom. The minimum absolute atomic E-state index is 0.183. The highest BCUT2D eigenvalue weighted by Crippen LogP contribution is 2.32. The third kappa shape index (κ3) is 3.22. The van der Waals surface area contributed by atoms with Gasteiger partial charge in [0.2, 0.25) is 5.91 Å². The van der Waals surface area contributed by atoms with E-state index in [0.29, 0.717) is 35.7 Å². The van der Waals surface area contributed by atoms with Crippen molar-refractivity contribution in [1.29, 1.82) is 0 Å². The average Bonchev–Trinajstić information content (AvgIpc) is 3.26. The van der Waals surface area contributed by atoms with Gasteiger partial charge < -0.3 is 10.2 Å². The quantitative estimate of drug-likeness (QED) is 0.844. The first-order valence-corrected chi connectivity index (χ1v) is 7.59. The predicted octanol–water partition coefficient (Wildman–Crippen LogP) is 0.492. The third-order valence-corrected chi connectivity index (χ3v) is 4.34. The van der Waals surface area contributed by atoms with Crippen LogP contribution in [0.1, 0.15) is 41.9 Å². The molecule has 3 rings (SSSR count). The van der Waals surface area contributed by atoms with E-state index in [4.69, 9.17) is 0 Å². The van der Waals surface area contributed by atoms with Crippen LogP contribution in [0.4, 0.5) is 0 Å². The Bertz CT molecular complexity index is 529. The van der Waals surface area contributed by atoms with Crippen LogP contribution in [0.2, 0.25) is 0 Å². The molecule has 0 spiro atoms. The number of likely N-dealkylation sites (tertiary alicyclic amines) is 1. The van der Waals surface area contributed by atoms with Gasteiger partial charge in [0.25, 0.3) is 5.91 Å². The Labute approximate surface area is 123 Å². The molecule has 1 aromatic heterocycles. The second kappa shape index (κ2) is 5.83. The van der Waals surface area contributed by atoms with Crippen molar-refractivity contribution in [3.05, 3.63) is 11.4 Å². The summed E-state index contributed by atoms with van der Waals surface area (Å²) in [6, 6.07) is 0. The number of hydrogen-bond donors (Lipinski definition) is 2. The number of H-pyrrole nitrogens is 1. The second-order valence-electron chi connectivity index (χ2n) is 6.01. The zero-order chi connectivity index (χ0) is 14.8. The maximum atomic E-state index is 12.0. The second-order valence-corrected chi connectivity index (χ2v) is 6.01. The molecule has 1 aliphatic carbocycles. The van der Waals surface area contributed by atoms with Gasteiger partial charge in [-0.2, -0.15) is 15.4 Å². The van der Waals surface area contributed by atoms with E-state index >= 15 is 0 Å². The van der Waals surface area contributed by atoms with Gasteiger partial charge in [0.1, 0.15) is 0 Å². The fourth-order valence-corrected chi connectivity index (χ4v) is 2.77. The van der Waals surface area contributed by atoms with Gasteiger partial charge in [-0.1, -0.05) is 0 Å². The lowest BCUT2D eigenvalue weighted by Gasteiger charge is -2.32. The highest BCUT2D eigenvalue weighted by Gasteiger charge is 2.34. The van der Waals surface area contributed by atoms with Gasteiger partial charge in [-0.05, 0) is 38.5 Å². The van der Waals surface area contributed by atoms with E-state index < -0.39 is 0 Å². The van der Waals surface area contributed by atoms with Gasteiger partial charge in [-0.3, -0.25) is 9.59 Å². The highest BCUT2D eigenvalue weighted by molar-refractivity contribution is 5.93. The number of carbonyl (C=O) groups is 2. The molecule has 2 N–H and O–H groups in total. The molecular weight excluding hydrogens is 270 g/mol. The van der Waals surface area contributed by atoms with E-state index in [-0.39, 0.29) is 5.91 Å². The first-order chi connectivity index (χ1) is 10.1. The van der Waals surface area contributed by atoms with E-state index in [1.54, 1.807) is 6.92 Å². The fraction of sp³-hybridized carbons (Fsp3) is 0.714. The Kier molecular flexibility index (Phi) is 3.90. The molecular formula is C14H21N5O2. The highest BCUT2D eigenvalue weighted by atomic mass is 16.2. The van der Waals surface area contributed by atoms with Crippen molar-refractivity contribution in [2.24, 2.45) is 11.8 Å². The summed E-state index contributed by atoms with van der Waals surface area (Å²) in [5.41, 5.74) is 0.966. The van der Waals surface area contributed by atoms with Gasteiger partial charge in [0.15, 0.2) is 5.69 Å². The van der Waals surface area contributed by atoms with E-state index in [1.807, 2.05) is 4.90 Å². The number of aromatic amines is 1. The maximum Gasteiger partial charge on any atom is 0.273 e. The van der Waals surface area contributed by atoms with Crippen LogP contribution in [0.3, 0.4) is 0 Å². The van der Waals surface area contributed by atoms with Crippen LogP contribution in [0.15, 0.2) is 0 Å². The monoisotopic (exact) mass is 291 g/mol. The summed E-state index contributed by atoms with van der Waals surface area (Å²) in [5, 5.41) is 13.0. The molecule has 2 fully saturated rings. The van der Waals surface area contributed by atoms with Crippen molar-refractivity contribution in [1.82, 2.24) is 25.6 Å². The summed E-state index contributed by atoms with van der Waals surface area (Å²) in [4.78, 5) is 25.9. The molecule has 0 radical (unpaired) electrons. The molecule has 0 unspecified atom stereocenters. The first-order valence-electron chi connectivity index (χ1n) is 7.59. The molecule has 7 heteroatoms. The molecule has 1 aliphatic heterocycles. The topological polar surface area (TPSA) is 91.0 Å². The Morgan fingerprint density at radius 2 is 1.95 bits per heavy atom. The Morgan fingerprint density at radius 3 is 2.52 bits per heavy atom. The number of nitrogens with one attached hydrogen (secondary N) is 2. The zero-order valence-corrected chi connectivity index (χ0v) is 12.3. The predicted molar refractivity (Wildman–Crippen MR) is 75.5 cm³/mol. The Hall–Kier alpha value is -1.92. The first kappa shape index (κ1) is 14.0. The summed E-state index contributed by atoms with van der Waals surface area (Å²) >= 11 is 0. The lowest BCUT2D eigenvalue weighted by Crippen LogP contribution is -2.42. The van der Waals surface area contributed by atoms with Crippen LogP contribution in [-0.4, -0.2) is 51.8 Å². The molecule has 1 aromatic rings. The maximum absolute atomic E-state index is 12.0. The smallest absolute Gasteiger partial charge is 0.273 e.